The maximum Gasteiger partial charge on any atom is 0.230 e. The van der Waals surface area contributed by atoms with Gasteiger partial charge in [0.05, 0.1) is 16.2 Å². The third-order valence-corrected chi connectivity index (χ3v) is 5.09. The van der Waals surface area contributed by atoms with Crippen LogP contribution in [0.5, 0.6) is 0 Å². The van der Waals surface area contributed by atoms with Crippen molar-refractivity contribution in [3.05, 3.63) is 66.0 Å². The van der Waals surface area contributed by atoms with Crippen LogP contribution in [0.3, 0.4) is 0 Å². The van der Waals surface area contributed by atoms with Crippen molar-refractivity contribution in [1.82, 2.24) is 5.32 Å². The van der Waals surface area contributed by atoms with Gasteiger partial charge in [0.15, 0.2) is 0 Å². The summed E-state index contributed by atoms with van der Waals surface area (Å²) in [6, 6.07) is 15.1. The number of carbonyl (C=O) groups excluding carboxylic acids is 1. The van der Waals surface area contributed by atoms with E-state index in [1.807, 2.05) is 18.2 Å². The van der Waals surface area contributed by atoms with E-state index in [1.165, 1.54) is 12.1 Å². The summed E-state index contributed by atoms with van der Waals surface area (Å²) in [5.41, 5.74) is -0.0392. The Bertz CT molecular complexity index is 684. The van der Waals surface area contributed by atoms with E-state index in [-0.39, 0.29) is 11.7 Å². The fraction of sp³-hybridized carbons (Fsp3) is 0.278. The Morgan fingerprint density at radius 1 is 1.09 bits per heavy atom. The molecule has 0 heterocycles. The normalized spacial score (nSPS) is 12.7. The van der Waals surface area contributed by atoms with Crippen LogP contribution in [-0.2, 0) is 21.0 Å². The first kappa shape index (κ1) is 17.3. The van der Waals surface area contributed by atoms with Gasteiger partial charge in [-0.25, -0.2) is 4.39 Å². The minimum absolute atomic E-state index is 0.172. The maximum atomic E-state index is 13.0. The summed E-state index contributed by atoms with van der Waals surface area (Å²) in [5, 5.41) is 2.81. The van der Waals surface area contributed by atoms with Crippen LogP contribution < -0.4 is 5.32 Å². The van der Waals surface area contributed by atoms with Crippen molar-refractivity contribution in [3.63, 3.8) is 0 Å². The van der Waals surface area contributed by atoms with Crippen molar-refractivity contribution in [3.8, 4) is 0 Å². The number of hydrogen-bond donors (Lipinski definition) is 1. The van der Waals surface area contributed by atoms with E-state index in [9.17, 15) is 13.4 Å². The molecule has 0 radical (unpaired) electrons. The first-order valence-corrected chi connectivity index (χ1v) is 8.71. The summed E-state index contributed by atoms with van der Waals surface area (Å²) < 4.78 is 25.1. The van der Waals surface area contributed by atoms with E-state index in [1.54, 1.807) is 38.1 Å². The molecule has 2 rings (SSSR count). The first-order valence-electron chi connectivity index (χ1n) is 7.39. The zero-order valence-electron chi connectivity index (χ0n) is 13.2. The van der Waals surface area contributed by atoms with Crippen molar-refractivity contribution in [1.29, 1.82) is 0 Å². The van der Waals surface area contributed by atoms with Gasteiger partial charge in [0.1, 0.15) is 5.82 Å². The molecule has 0 saturated carbocycles. The molecule has 1 amide bonds. The average Bonchev–Trinajstić information content (AvgIpc) is 2.55. The number of nitrogens with one attached hydrogen (secondary N) is 1. The number of benzene rings is 2. The number of rotatable bonds is 6. The second kappa shape index (κ2) is 7.51. The summed E-state index contributed by atoms with van der Waals surface area (Å²) in [4.78, 5) is 13.1. The van der Waals surface area contributed by atoms with Crippen molar-refractivity contribution < 1.29 is 13.4 Å². The summed E-state index contributed by atoms with van der Waals surface area (Å²) in [5.74, 6) is -0.146. The van der Waals surface area contributed by atoms with Crippen molar-refractivity contribution in [2.75, 3.05) is 12.3 Å². The van der Waals surface area contributed by atoms with E-state index in [0.717, 1.165) is 10.5 Å². The molecule has 2 aromatic carbocycles. The molecule has 0 aliphatic carbocycles. The predicted molar refractivity (Wildman–Crippen MR) is 90.2 cm³/mol. The van der Waals surface area contributed by atoms with Gasteiger partial charge in [-0.05, 0) is 43.7 Å². The fourth-order valence-corrected chi connectivity index (χ4v) is 3.15. The van der Waals surface area contributed by atoms with Crippen LogP contribution in [0.1, 0.15) is 19.4 Å². The molecule has 0 bridgehead atoms. The molecular weight excluding hydrogens is 313 g/mol. The van der Waals surface area contributed by atoms with Gasteiger partial charge in [0.2, 0.25) is 5.91 Å². The van der Waals surface area contributed by atoms with Crippen LogP contribution in [0, 0.1) is 5.82 Å². The molecule has 0 aliphatic rings. The quantitative estimate of drug-likeness (QED) is 0.883. The molecule has 0 saturated heterocycles. The van der Waals surface area contributed by atoms with E-state index >= 15 is 0 Å². The second-order valence-electron chi connectivity index (χ2n) is 5.75. The Morgan fingerprint density at radius 2 is 1.70 bits per heavy atom. The molecule has 0 aliphatic heterocycles. The lowest BCUT2D eigenvalue weighted by molar-refractivity contribution is -0.125. The minimum Gasteiger partial charge on any atom is -0.354 e. The average molecular weight is 333 g/mol. The first-order chi connectivity index (χ1) is 10.9. The summed E-state index contributed by atoms with van der Waals surface area (Å²) in [6.45, 7) is 3.89. The number of hydrogen-bond acceptors (Lipinski definition) is 2. The Kier molecular flexibility index (Phi) is 5.66. The Hall–Kier alpha value is -2.01. The molecule has 3 nitrogen and oxygen atoms in total. The van der Waals surface area contributed by atoms with Gasteiger partial charge < -0.3 is 5.32 Å². The van der Waals surface area contributed by atoms with Gasteiger partial charge in [-0.2, -0.15) is 0 Å². The molecule has 122 valence electrons. The monoisotopic (exact) mass is 333 g/mol. The fourth-order valence-electron chi connectivity index (χ4n) is 2.17. The lowest BCUT2D eigenvalue weighted by Crippen LogP contribution is -2.41. The second-order valence-corrected chi connectivity index (χ2v) is 7.32. The third-order valence-electron chi connectivity index (χ3n) is 3.71. The molecule has 0 aromatic heterocycles. The van der Waals surface area contributed by atoms with Crippen LogP contribution in [0.4, 0.5) is 4.39 Å². The SMILES string of the molecule is CC(C)(C(=O)NCCS(=O)c1ccccc1)c1ccc(F)cc1. The van der Waals surface area contributed by atoms with Crippen LogP contribution in [0.2, 0.25) is 0 Å². The molecule has 5 heteroatoms. The van der Waals surface area contributed by atoms with Crippen molar-refractivity contribution in [2.45, 2.75) is 24.2 Å². The minimum atomic E-state index is -1.14. The van der Waals surface area contributed by atoms with Gasteiger partial charge >= 0.3 is 0 Å². The van der Waals surface area contributed by atoms with E-state index in [2.05, 4.69) is 5.32 Å². The zero-order chi connectivity index (χ0) is 16.9. The molecule has 23 heavy (non-hydrogen) atoms. The van der Waals surface area contributed by atoms with E-state index in [4.69, 9.17) is 0 Å². The summed E-state index contributed by atoms with van der Waals surface area (Å²) in [7, 11) is -1.14. The smallest absolute Gasteiger partial charge is 0.230 e. The van der Waals surface area contributed by atoms with Gasteiger partial charge in [-0.15, -0.1) is 0 Å². The lowest BCUT2D eigenvalue weighted by atomic mass is 9.84. The van der Waals surface area contributed by atoms with Gasteiger partial charge in [0, 0.05) is 17.2 Å². The Balaban J connectivity index is 1.91. The topological polar surface area (TPSA) is 46.2 Å². The molecule has 1 unspecified atom stereocenters. The van der Waals surface area contributed by atoms with Crippen molar-refractivity contribution in [2.24, 2.45) is 0 Å². The lowest BCUT2D eigenvalue weighted by Gasteiger charge is -2.24. The summed E-state index contributed by atoms with van der Waals surface area (Å²) >= 11 is 0. The largest absolute Gasteiger partial charge is 0.354 e. The van der Waals surface area contributed by atoms with Crippen LogP contribution >= 0.6 is 0 Å². The van der Waals surface area contributed by atoms with Crippen LogP contribution in [-0.4, -0.2) is 22.4 Å². The maximum absolute atomic E-state index is 13.0. The van der Waals surface area contributed by atoms with Gasteiger partial charge in [-0.1, -0.05) is 30.3 Å². The number of halogens is 1. The molecule has 0 fully saturated rings. The standard InChI is InChI=1S/C18H20FNO2S/c1-18(2,14-8-10-15(19)11-9-14)17(21)20-12-13-23(22)16-6-4-3-5-7-16/h3-11H,12-13H2,1-2H3,(H,20,21). The van der Waals surface area contributed by atoms with Gasteiger partial charge in [-0.3, -0.25) is 9.00 Å². The molecule has 1 N–H and O–H groups in total. The van der Waals surface area contributed by atoms with E-state index < -0.39 is 16.2 Å². The number of amides is 1. The predicted octanol–water partition coefficient (Wildman–Crippen LogP) is 3.03. The highest BCUT2D eigenvalue weighted by molar-refractivity contribution is 7.85. The highest BCUT2D eigenvalue weighted by Crippen LogP contribution is 2.23. The highest BCUT2D eigenvalue weighted by atomic mass is 32.2. The highest BCUT2D eigenvalue weighted by Gasteiger charge is 2.29. The molecule has 0 spiro atoms. The van der Waals surface area contributed by atoms with Gasteiger partial charge in [0.25, 0.3) is 0 Å². The zero-order valence-corrected chi connectivity index (χ0v) is 14.0. The molecule has 2 aromatic rings. The Morgan fingerprint density at radius 3 is 2.30 bits per heavy atom. The van der Waals surface area contributed by atoms with Crippen molar-refractivity contribution >= 4 is 16.7 Å². The van der Waals surface area contributed by atoms with Crippen LogP contribution in [0.15, 0.2) is 59.5 Å². The van der Waals surface area contributed by atoms with E-state index in [0.29, 0.717) is 12.3 Å². The molecule has 1 atom stereocenters. The third kappa shape index (κ3) is 4.48. The summed E-state index contributed by atoms with van der Waals surface area (Å²) in [6.07, 6.45) is 0. The molecular formula is C18H20FNO2S. The number of carbonyl (C=O) groups is 1. The Labute approximate surface area is 138 Å². The van der Waals surface area contributed by atoms with Crippen LogP contribution in [0.25, 0.3) is 0 Å².